The van der Waals surface area contributed by atoms with E-state index in [2.05, 4.69) is 46.8 Å². The monoisotopic (exact) mass is 521 g/mol. The first-order chi connectivity index (χ1) is 14.9. The molecule has 0 aliphatic carbocycles. The van der Waals surface area contributed by atoms with E-state index in [0.29, 0.717) is 22.3 Å². The number of nitrogens with zero attached hydrogens (tertiary/aromatic N) is 3. The molecule has 1 amide bonds. The number of thiazole rings is 1. The third kappa shape index (κ3) is 5.29. The van der Waals surface area contributed by atoms with Gasteiger partial charge in [0.25, 0.3) is 5.91 Å². The maximum Gasteiger partial charge on any atom is 0.261 e. The van der Waals surface area contributed by atoms with Gasteiger partial charge in [-0.2, -0.15) is 0 Å². The lowest BCUT2D eigenvalue weighted by atomic mass is 10.1. The van der Waals surface area contributed by atoms with Crippen LogP contribution in [0.25, 0.3) is 10.2 Å². The second kappa shape index (κ2) is 9.96. The summed E-state index contributed by atoms with van der Waals surface area (Å²) in [4.78, 5) is 22.5. The van der Waals surface area contributed by atoms with Gasteiger partial charge in [-0.1, -0.05) is 38.9 Å². The van der Waals surface area contributed by atoms with Crippen molar-refractivity contribution >= 4 is 60.1 Å². The molecule has 0 saturated carbocycles. The molecule has 8 heteroatoms. The number of hydrogen-bond acceptors (Lipinski definition) is 5. The van der Waals surface area contributed by atoms with Crippen molar-refractivity contribution < 1.29 is 9.53 Å². The van der Waals surface area contributed by atoms with Gasteiger partial charge in [-0.15, -0.1) is 0 Å². The molecule has 5 nitrogen and oxygen atoms in total. The maximum absolute atomic E-state index is 13.6. The van der Waals surface area contributed by atoms with Crippen molar-refractivity contribution in [2.24, 2.45) is 0 Å². The van der Waals surface area contributed by atoms with Gasteiger partial charge in [-0.3, -0.25) is 14.6 Å². The largest absolute Gasteiger partial charge is 0.379 e. The van der Waals surface area contributed by atoms with Gasteiger partial charge >= 0.3 is 0 Å². The van der Waals surface area contributed by atoms with Crippen LogP contribution in [0, 0.1) is 13.8 Å². The number of rotatable bonds is 6. The van der Waals surface area contributed by atoms with Gasteiger partial charge in [0.15, 0.2) is 5.13 Å². The van der Waals surface area contributed by atoms with Gasteiger partial charge in [0.05, 0.1) is 34.0 Å². The number of amides is 1. The summed E-state index contributed by atoms with van der Waals surface area (Å²) in [5.41, 5.74) is 3.83. The number of carbonyl (C=O) groups is 1. The van der Waals surface area contributed by atoms with Crippen LogP contribution in [0.5, 0.6) is 0 Å². The summed E-state index contributed by atoms with van der Waals surface area (Å²) in [5, 5.41) is 1.15. The zero-order valence-electron chi connectivity index (χ0n) is 17.7. The van der Waals surface area contributed by atoms with Crippen LogP contribution >= 0.6 is 38.9 Å². The normalized spacial score (nSPS) is 14.8. The van der Waals surface area contributed by atoms with Gasteiger partial charge in [0.1, 0.15) is 0 Å². The number of anilines is 1. The fourth-order valence-electron chi connectivity index (χ4n) is 3.65. The smallest absolute Gasteiger partial charge is 0.261 e. The molecule has 0 N–H and O–H groups in total. The molecule has 0 bridgehead atoms. The lowest BCUT2D eigenvalue weighted by molar-refractivity contribution is 0.0376. The van der Waals surface area contributed by atoms with Crippen LogP contribution in [0.4, 0.5) is 5.13 Å². The number of aryl methyl sites for hydroxylation is 2. The van der Waals surface area contributed by atoms with Crippen molar-refractivity contribution in [2.45, 2.75) is 20.3 Å². The van der Waals surface area contributed by atoms with Crippen LogP contribution in [0.1, 0.15) is 27.9 Å². The molecular formula is C23H25BrClN3O2S. The molecule has 0 radical (unpaired) electrons. The van der Waals surface area contributed by atoms with E-state index in [1.165, 1.54) is 11.1 Å². The number of morpholine rings is 1. The summed E-state index contributed by atoms with van der Waals surface area (Å²) in [5.74, 6) is -0.124. The molecule has 0 atom stereocenters. The van der Waals surface area contributed by atoms with E-state index in [1.807, 2.05) is 6.07 Å². The van der Waals surface area contributed by atoms with Crippen molar-refractivity contribution in [3.05, 3.63) is 56.5 Å². The third-order valence-electron chi connectivity index (χ3n) is 5.59. The molecule has 1 fully saturated rings. The first kappa shape index (κ1) is 22.7. The zero-order chi connectivity index (χ0) is 22.0. The van der Waals surface area contributed by atoms with Gasteiger partial charge in [0, 0.05) is 30.7 Å². The van der Waals surface area contributed by atoms with Crippen LogP contribution in [-0.2, 0) is 4.74 Å². The van der Waals surface area contributed by atoms with Crippen LogP contribution in [0.3, 0.4) is 0 Å². The van der Waals surface area contributed by atoms with E-state index < -0.39 is 0 Å². The molecular weight excluding hydrogens is 498 g/mol. The summed E-state index contributed by atoms with van der Waals surface area (Å²) in [6.07, 6.45) is 0.853. The van der Waals surface area contributed by atoms with E-state index in [-0.39, 0.29) is 5.91 Å². The maximum atomic E-state index is 13.6. The Hall–Kier alpha value is -1.51. The predicted molar refractivity (Wildman–Crippen MR) is 132 cm³/mol. The number of fused-ring (bicyclic) bond motifs is 1. The van der Waals surface area contributed by atoms with E-state index >= 15 is 0 Å². The lowest BCUT2D eigenvalue weighted by Gasteiger charge is -2.27. The molecule has 31 heavy (non-hydrogen) atoms. The molecule has 2 heterocycles. The molecule has 1 aliphatic heterocycles. The highest BCUT2D eigenvalue weighted by atomic mass is 79.9. The van der Waals surface area contributed by atoms with Gasteiger partial charge in [-0.05, 0) is 61.7 Å². The lowest BCUT2D eigenvalue weighted by Crippen LogP contribution is -2.39. The zero-order valence-corrected chi connectivity index (χ0v) is 20.8. The minimum absolute atomic E-state index is 0.124. The van der Waals surface area contributed by atoms with Gasteiger partial charge in [-0.25, -0.2) is 4.98 Å². The van der Waals surface area contributed by atoms with Crippen molar-refractivity contribution in [3.8, 4) is 0 Å². The van der Waals surface area contributed by atoms with E-state index in [4.69, 9.17) is 21.3 Å². The average Bonchev–Trinajstić information content (AvgIpc) is 3.15. The van der Waals surface area contributed by atoms with Crippen molar-refractivity contribution in [1.82, 2.24) is 9.88 Å². The Morgan fingerprint density at radius 2 is 1.97 bits per heavy atom. The second-order valence-corrected chi connectivity index (χ2v) is 10.1. The highest BCUT2D eigenvalue weighted by Gasteiger charge is 2.24. The van der Waals surface area contributed by atoms with Crippen LogP contribution in [0.15, 0.2) is 34.8 Å². The van der Waals surface area contributed by atoms with E-state index in [0.717, 1.165) is 54.0 Å². The summed E-state index contributed by atoms with van der Waals surface area (Å²) in [6.45, 7) is 9.09. The molecule has 4 rings (SSSR count). The first-order valence-corrected chi connectivity index (χ1v) is 12.4. The van der Waals surface area contributed by atoms with Gasteiger partial charge < -0.3 is 4.74 Å². The van der Waals surface area contributed by atoms with Crippen LogP contribution < -0.4 is 4.90 Å². The number of aromatic nitrogens is 1. The summed E-state index contributed by atoms with van der Waals surface area (Å²) < 4.78 is 7.35. The Labute approximate surface area is 200 Å². The Kier molecular flexibility index (Phi) is 7.29. The Balaban J connectivity index is 1.63. The third-order valence-corrected chi connectivity index (χ3v) is 7.45. The summed E-state index contributed by atoms with van der Waals surface area (Å²) in [6, 6.07) is 9.60. The highest BCUT2D eigenvalue weighted by Crippen LogP contribution is 2.33. The average molecular weight is 523 g/mol. The molecule has 2 aromatic carbocycles. The quantitative estimate of drug-likeness (QED) is 0.417. The summed E-state index contributed by atoms with van der Waals surface area (Å²) >= 11 is 11.4. The van der Waals surface area contributed by atoms with Gasteiger partial charge in [0.2, 0.25) is 0 Å². The minimum Gasteiger partial charge on any atom is -0.379 e. The SMILES string of the molecule is Cc1cc2nc(N(CCCN3CCOCC3)C(=O)c3cc(Br)ccc3Cl)sc2cc1C. The van der Waals surface area contributed by atoms with E-state index in [1.54, 1.807) is 28.4 Å². The fraction of sp³-hybridized carbons (Fsp3) is 0.391. The molecule has 1 aromatic heterocycles. The number of hydrogen-bond donors (Lipinski definition) is 0. The topological polar surface area (TPSA) is 45.7 Å². The van der Waals surface area contributed by atoms with E-state index in [9.17, 15) is 4.79 Å². The Morgan fingerprint density at radius 1 is 1.23 bits per heavy atom. The number of halogens is 2. The number of benzene rings is 2. The molecule has 1 saturated heterocycles. The number of carbonyl (C=O) groups excluding carboxylic acids is 1. The highest BCUT2D eigenvalue weighted by molar-refractivity contribution is 9.10. The molecule has 164 valence electrons. The Bertz CT molecular complexity index is 1060. The van der Waals surface area contributed by atoms with Crippen LogP contribution in [0.2, 0.25) is 5.02 Å². The Morgan fingerprint density at radius 3 is 2.74 bits per heavy atom. The molecule has 0 spiro atoms. The molecule has 0 unspecified atom stereocenters. The van der Waals surface area contributed by atoms with Crippen molar-refractivity contribution in [2.75, 3.05) is 44.3 Å². The second-order valence-electron chi connectivity index (χ2n) is 7.79. The van der Waals surface area contributed by atoms with Crippen molar-refractivity contribution in [1.29, 1.82) is 0 Å². The fourth-order valence-corrected chi connectivity index (χ4v) is 5.28. The molecule has 3 aromatic rings. The first-order valence-electron chi connectivity index (χ1n) is 10.4. The standard InChI is InChI=1S/C23H25BrClN3O2S/c1-15-12-20-21(13-16(15)2)31-23(26-20)28(7-3-6-27-8-10-30-11-9-27)22(29)18-14-17(24)4-5-19(18)25/h4-5,12-14H,3,6-11H2,1-2H3. The van der Waals surface area contributed by atoms with Crippen LogP contribution in [-0.4, -0.2) is 55.2 Å². The predicted octanol–water partition coefficient (Wildman–Crippen LogP) is 5.70. The van der Waals surface area contributed by atoms with Crippen molar-refractivity contribution in [3.63, 3.8) is 0 Å². The minimum atomic E-state index is -0.124. The number of ether oxygens (including phenoxy) is 1. The summed E-state index contributed by atoms with van der Waals surface area (Å²) in [7, 11) is 0. The molecule has 1 aliphatic rings.